The van der Waals surface area contributed by atoms with Crippen molar-refractivity contribution in [2.75, 3.05) is 19.5 Å². The number of hydrogen-bond donors (Lipinski definition) is 2. The number of anilines is 1. The highest BCUT2D eigenvalue weighted by molar-refractivity contribution is 5.36. The summed E-state index contributed by atoms with van der Waals surface area (Å²) in [6.45, 7) is 7.07. The number of aromatic nitrogens is 2. The maximum atomic E-state index is 5.41. The molecule has 0 amide bonds. The highest BCUT2D eigenvalue weighted by atomic mass is 15.3. The Morgan fingerprint density at radius 2 is 1.94 bits per heavy atom. The lowest BCUT2D eigenvalue weighted by atomic mass is 9.92. The third-order valence-electron chi connectivity index (χ3n) is 2.15. The minimum Gasteiger partial charge on any atom is -0.308 e. The van der Waals surface area contributed by atoms with Crippen molar-refractivity contribution in [1.82, 2.24) is 14.9 Å². The van der Waals surface area contributed by atoms with Gasteiger partial charge in [-0.3, -0.25) is 0 Å². The Morgan fingerprint density at radius 3 is 2.38 bits per heavy atom. The third-order valence-corrected chi connectivity index (χ3v) is 2.15. The van der Waals surface area contributed by atoms with E-state index in [4.69, 9.17) is 5.84 Å². The maximum Gasteiger partial charge on any atom is 0.145 e. The van der Waals surface area contributed by atoms with Crippen molar-refractivity contribution >= 4 is 5.82 Å². The van der Waals surface area contributed by atoms with Crippen LogP contribution >= 0.6 is 0 Å². The Morgan fingerprint density at radius 1 is 1.31 bits per heavy atom. The van der Waals surface area contributed by atoms with Gasteiger partial charge in [-0.15, -0.1) is 0 Å². The molecule has 0 aromatic carbocycles. The summed E-state index contributed by atoms with van der Waals surface area (Å²) in [6, 6.07) is 1.89. The molecule has 1 heterocycles. The highest BCUT2D eigenvalue weighted by Gasteiger charge is 2.17. The molecule has 0 atom stereocenters. The second kappa shape index (κ2) is 4.76. The Labute approximate surface area is 97.0 Å². The molecule has 0 aliphatic heterocycles. The van der Waals surface area contributed by atoms with E-state index in [0.717, 1.165) is 11.5 Å². The zero-order valence-corrected chi connectivity index (χ0v) is 10.7. The molecule has 5 heteroatoms. The number of hydrogen-bond acceptors (Lipinski definition) is 5. The average Bonchev–Trinajstić information content (AvgIpc) is 2.14. The summed E-state index contributed by atoms with van der Waals surface area (Å²) in [7, 11) is 3.98. The van der Waals surface area contributed by atoms with E-state index >= 15 is 0 Å². The van der Waals surface area contributed by atoms with Gasteiger partial charge in [-0.25, -0.2) is 15.8 Å². The van der Waals surface area contributed by atoms with Gasteiger partial charge in [-0.2, -0.15) is 0 Å². The Kier molecular flexibility index (Phi) is 3.83. The zero-order chi connectivity index (χ0) is 12.3. The summed E-state index contributed by atoms with van der Waals surface area (Å²) in [5.41, 5.74) is 3.57. The number of hydrazine groups is 1. The summed E-state index contributed by atoms with van der Waals surface area (Å²) in [4.78, 5) is 10.9. The largest absolute Gasteiger partial charge is 0.308 e. The van der Waals surface area contributed by atoms with Gasteiger partial charge in [0.2, 0.25) is 0 Å². The molecule has 16 heavy (non-hydrogen) atoms. The SMILES string of the molecule is CN(C)Cc1nc(NN)cc(C(C)(C)C)n1. The number of nitrogens with one attached hydrogen (secondary N) is 1. The summed E-state index contributed by atoms with van der Waals surface area (Å²) in [5, 5.41) is 0. The van der Waals surface area contributed by atoms with E-state index in [2.05, 4.69) is 36.2 Å². The van der Waals surface area contributed by atoms with E-state index in [1.54, 1.807) is 0 Å². The van der Waals surface area contributed by atoms with Gasteiger partial charge in [0.15, 0.2) is 0 Å². The molecule has 0 radical (unpaired) electrons. The smallest absolute Gasteiger partial charge is 0.145 e. The van der Waals surface area contributed by atoms with Gasteiger partial charge in [0.05, 0.1) is 12.2 Å². The fourth-order valence-corrected chi connectivity index (χ4v) is 1.31. The summed E-state index contributed by atoms with van der Waals surface area (Å²) < 4.78 is 0. The zero-order valence-electron chi connectivity index (χ0n) is 10.7. The minimum absolute atomic E-state index is 0.00436. The van der Waals surface area contributed by atoms with Gasteiger partial charge in [0.25, 0.3) is 0 Å². The fraction of sp³-hybridized carbons (Fsp3) is 0.636. The first-order chi connectivity index (χ1) is 7.32. The van der Waals surface area contributed by atoms with Gasteiger partial charge in [-0.1, -0.05) is 20.8 Å². The van der Waals surface area contributed by atoms with E-state index in [9.17, 15) is 0 Å². The summed E-state index contributed by atoms with van der Waals surface area (Å²) in [5.74, 6) is 6.85. The molecule has 0 saturated carbocycles. The van der Waals surface area contributed by atoms with E-state index in [1.165, 1.54) is 0 Å². The van der Waals surface area contributed by atoms with Crippen LogP contribution in [0.25, 0.3) is 0 Å². The first kappa shape index (κ1) is 12.9. The van der Waals surface area contributed by atoms with Crippen LogP contribution in [0.4, 0.5) is 5.82 Å². The van der Waals surface area contributed by atoms with Crippen molar-refractivity contribution < 1.29 is 0 Å². The molecule has 0 aliphatic carbocycles. The van der Waals surface area contributed by atoms with Crippen LogP contribution in [0.3, 0.4) is 0 Å². The molecule has 0 unspecified atom stereocenters. The molecular weight excluding hydrogens is 202 g/mol. The summed E-state index contributed by atoms with van der Waals surface area (Å²) >= 11 is 0. The molecule has 0 aliphatic rings. The lowest BCUT2D eigenvalue weighted by molar-refractivity contribution is 0.388. The van der Waals surface area contributed by atoms with Crippen molar-refractivity contribution in [2.45, 2.75) is 32.7 Å². The molecule has 1 rings (SSSR count). The topological polar surface area (TPSA) is 67.1 Å². The number of nitrogens with zero attached hydrogens (tertiary/aromatic N) is 3. The molecular formula is C11H21N5. The molecule has 3 N–H and O–H groups in total. The first-order valence-electron chi connectivity index (χ1n) is 5.32. The normalized spacial score (nSPS) is 11.9. The summed E-state index contributed by atoms with van der Waals surface area (Å²) in [6.07, 6.45) is 0. The van der Waals surface area contributed by atoms with Crippen molar-refractivity contribution in [3.63, 3.8) is 0 Å². The Bertz CT molecular complexity index is 354. The maximum absolute atomic E-state index is 5.41. The van der Waals surface area contributed by atoms with Crippen molar-refractivity contribution in [2.24, 2.45) is 5.84 Å². The van der Waals surface area contributed by atoms with E-state index in [1.807, 2.05) is 25.1 Å². The monoisotopic (exact) mass is 223 g/mol. The molecule has 0 saturated heterocycles. The standard InChI is InChI=1S/C11H21N5/c1-11(2,3)8-6-9(15-12)14-10(13-8)7-16(4)5/h6H,7,12H2,1-5H3,(H,13,14,15). The van der Waals surface area contributed by atoms with E-state index in [0.29, 0.717) is 12.4 Å². The second-order valence-corrected chi connectivity index (χ2v) is 5.19. The van der Waals surface area contributed by atoms with Crippen LogP contribution < -0.4 is 11.3 Å². The Hall–Kier alpha value is -1.20. The van der Waals surface area contributed by atoms with Crippen LogP contribution in [-0.2, 0) is 12.0 Å². The van der Waals surface area contributed by atoms with Crippen LogP contribution in [0.1, 0.15) is 32.3 Å². The van der Waals surface area contributed by atoms with Gasteiger partial charge in [-0.05, 0) is 14.1 Å². The van der Waals surface area contributed by atoms with E-state index < -0.39 is 0 Å². The molecule has 0 spiro atoms. The molecule has 0 bridgehead atoms. The predicted octanol–water partition coefficient (Wildman–Crippen LogP) is 1.12. The molecule has 5 nitrogen and oxygen atoms in total. The van der Waals surface area contributed by atoms with Gasteiger partial charge in [0, 0.05) is 11.5 Å². The lowest BCUT2D eigenvalue weighted by Crippen LogP contribution is -2.21. The molecule has 1 aromatic rings. The van der Waals surface area contributed by atoms with Gasteiger partial charge < -0.3 is 10.3 Å². The van der Waals surface area contributed by atoms with Gasteiger partial charge >= 0.3 is 0 Å². The molecule has 1 aromatic heterocycles. The molecule has 0 fully saturated rings. The van der Waals surface area contributed by atoms with Crippen molar-refractivity contribution in [1.29, 1.82) is 0 Å². The van der Waals surface area contributed by atoms with Crippen molar-refractivity contribution in [3.8, 4) is 0 Å². The van der Waals surface area contributed by atoms with Crippen LogP contribution in [-0.4, -0.2) is 29.0 Å². The average molecular weight is 223 g/mol. The quantitative estimate of drug-likeness (QED) is 0.594. The van der Waals surface area contributed by atoms with Crippen LogP contribution in [0.2, 0.25) is 0 Å². The highest BCUT2D eigenvalue weighted by Crippen LogP contribution is 2.22. The minimum atomic E-state index is -0.00436. The van der Waals surface area contributed by atoms with Crippen LogP contribution in [0.5, 0.6) is 0 Å². The first-order valence-corrected chi connectivity index (χ1v) is 5.32. The number of nitrogens with two attached hydrogens (primary N) is 1. The Balaban J connectivity index is 3.11. The van der Waals surface area contributed by atoms with E-state index in [-0.39, 0.29) is 5.41 Å². The number of nitrogen functional groups attached to an aromatic ring is 1. The lowest BCUT2D eigenvalue weighted by Gasteiger charge is -2.20. The third kappa shape index (κ3) is 3.43. The van der Waals surface area contributed by atoms with Crippen molar-refractivity contribution in [3.05, 3.63) is 17.6 Å². The van der Waals surface area contributed by atoms with Crippen LogP contribution in [0.15, 0.2) is 6.07 Å². The van der Waals surface area contributed by atoms with Gasteiger partial charge in [0.1, 0.15) is 11.6 Å². The fourth-order valence-electron chi connectivity index (χ4n) is 1.31. The number of rotatable bonds is 3. The van der Waals surface area contributed by atoms with Crippen LogP contribution in [0, 0.1) is 0 Å². The molecule has 90 valence electrons. The second-order valence-electron chi connectivity index (χ2n) is 5.19. The predicted molar refractivity (Wildman–Crippen MR) is 65.9 cm³/mol.